The van der Waals surface area contributed by atoms with Gasteiger partial charge in [-0.1, -0.05) is 78.5 Å². The molecule has 3 aromatic carbocycles. The van der Waals surface area contributed by atoms with Crippen LogP contribution in [0, 0.1) is 6.92 Å². The molecule has 5 nitrogen and oxygen atoms in total. The van der Waals surface area contributed by atoms with Crippen LogP contribution in [0.3, 0.4) is 0 Å². The SMILES string of the molecule is Cc1cc2nnc(SCC(=O)Nc3ccccc3Cc3ccccc3)n2c2ccccc12. The number of hydrogen-bond donors (Lipinski definition) is 1. The average molecular weight is 439 g/mol. The number of rotatable bonds is 6. The van der Waals surface area contributed by atoms with Crippen molar-refractivity contribution < 1.29 is 4.79 Å². The third-order valence-corrected chi connectivity index (χ3v) is 6.36. The number of anilines is 1. The van der Waals surface area contributed by atoms with Crippen LogP contribution in [-0.2, 0) is 11.2 Å². The lowest BCUT2D eigenvalue weighted by atomic mass is 10.0. The van der Waals surface area contributed by atoms with E-state index in [2.05, 4.69) is 52.8 Å². The molecule has 1 amide bonds. The minimum absolute atomic E-state index is 0.0660. The summed E-state index contributed by atoms with van der Waals surface area (Å²) in [6.45, 7) is 2.07. The number of benzene rings is 3. The van der Waals surface area contributed by atoms with E-state index in [1.165, 1.54) is 17.3 Å². The summed E-state index contributed by atoms with van der Waals surface area (Å²) in [6, 6.07) is 28.4. The Balaban J connectivity index is 1.33. The van der Waals surface area contributed by atoms with Crippen molar-refractivity contribution in [2.75, 3.05) is 11.1 Å². The summed E-state index contributed by atoms with van der Waals surface area (Å²) in [5, 5.41) is 13.6. The van der Waals surface area contributed by atoms with Gasteiger partial charge in [-0.15, -0.1) is 10.2 Å². The molecule has 0 aliphatic carbocycles. The number of nitrogens with one attached hydrogen (secondary N) is 1. The maximum Gasteiger partial charge on any atom is 0.234 e. The van der Waals surface area contributed by atoms with E-state index >= 15 is 0 Å². The Bertz CT molecular complexity index is 1410. The molecule has 6 heteroatoms. The molecule has 0 radical (unpaired) electrons. The summed E-state index contributed by atoms with van der Waals surface area (Å²) < 4.78 is 2.02. The van der Waals surface area contributed by atoms with Gasteiger partial charge in [-0.3, -0.25) is 9.20 Å². The van der Waals surface area contributed by atoms with Crippen molar-refractivity contribution in [2.45, 2.75) is 18.5 Å². The molecule has 0 fully saturated rings. The van der Waals surface area contributed by atoms with Crippen LogP contribution in [0.4, 0.5) is 5.69 Å². The molecule has 0 aliphatic heterocycles. The van der Waals surface area contributed by atoms with Crippen LogP contribution >= 0.6 is 11.8 Å². The highest BCUT2D eigenvalue weighted by molar-refractivity contribution is 7.99. The van der Waals surface area contributed by atoms with Crippen LogP contribution in [0.2, 0.25) is 0 Å². The summed E-state index contributed by atoms with van der Waals surface area (Å²) in [5.41, 5.74) is 6.13. The molecule has 5 rings (SSSR count). The molecule has 32 heavy (non-hydrogen) atoms. The molecule has 0 atom stereocenters. The largest absolute Gasteiger partial charge is 0.325 e. The topological polar surface area (TPSA) is 59.3 Å². The fourth-order valence-corrected chi connectivity index (χ4v) is 4.65. The number of carbonyl (C=O) groups is 1. The first-order valence-electron chi connectivity index (χ1n) is 10.5. The minimum Gasteiger partial charge on any atom is -0.325 e. The highest BCUT2D eigenvalue weighted by Crippen LogP contribution is 2.26. The van der Waals surface area contributed by atoms with E-state index in [9.17, 15) is 4.79 Å². The quantitative estimate of drug-likeness (QED) is 0.355. The number of para-hydroxylation sites is 2. The Kier molecular flexibility index (Phi) is 5.60. The van der Waals surface area contributed by atoms with E-state index in [0.717, 1.165) is 39.8 Å². The molecule has 2 aromatic heterocycles. The number of thioether (sulfide) groups is 1. The van der Waals surface area contributed by atoms with Gasteiger partial charge in [0.25, 0.3) is 0 Å². The summed E-state index contributed by atoms with van der Waals surface area (Å²) >= 11 is 1.39. The maximum atomic E-state index is 12.8. The Hall–Kier alpha value is -3.64. The molecular weight excluding hydrogens is 416 g/mol. The van der Waals surface area contributed by atoms with Gasteiger partial charge >= 0.3 is 0 Å². The van der Waals surface area contributed by atoms with Gasteiger partial charge in [0.2, 0.25) is 5.91 Å². The van der Waals surface area contributed by atoms with Gasteiger partial charge in [0, 0.05) is 11.1 Å². The molecule has 0 unspecified atom stereocenters. The van der Waals surface area contributed by atoms with Crippen LogP contribution in [0.5, 0.6) is 0 Å². The number of amides is 1. The standard InChI is InChI=1S/C26H22N4OS/c1-18-15-24-28-29-26(30(24)23-14-8-6-12-21(18)23)32-17-25(31)27-22-13-7-5-11-20(22)16-19-9-3-2-4-10-19/h2-15H,16-17H2,1H3,(H,27,31). The minimum atomic E-state index is -0.0660. The van der Waals surface area contributed by atoms with Crippen LogP contribution in [0.1, 0.15) is 16.7 Å². The number of carbonyl (C=O) groups excluding carboxylic acids is 1. The first-order chi connectivity index (χ1) is 15.7. The summed E-state index contributed by atoms with van der Waals surface area (Å²) in [7, 11) is 0. The van der Waals surface area contributed by atoms with Gasteiger partial charge in [-0.25, -0.2) is 0 Å². The number of nitrogens with zero attached hydrogens (tertiary/aromatic N) is 3. The first kappa shape index (κ1) is 20.3. The number of hydrogen-bond acceptors (Lipinski definition) is 4. The van der Waals surface area contributed by atoms with Crippen molar-refractivity contribution in [1.29, 1.82) is 0 Å². The van der Waals surface area contributed by atoms with Crippen molar-refractivity contribution in [3.63, 3.8) is 0 Å². The van der Waals surface area contributed by atoms with Crippen LogP contribution < -0.4 is 5.32 Å². The van der Waals surface area contributed by atoms with Gasteiger partial charge < -0.3 is 5.32 Å². The molecule has 0 saturated carbocycles. The number of aryl methyl sites for hydroxylation is 1. The van der Waals surface area contributed by atoms with E-state index in [1.807, 2.05) is 59.0 Å². The summed E-state index contributed by atoms with van der Waals surface area (Å²) in [6.07, 6.45) is 0.768. The van der Waals surface area contributed by atoms with E-state index in [-0.39, 0.29) is 11.7 Å². The fourth-order valence-electron chi connectivity index (χ4n) is 3.90. The van der Waals surface area contributed by atoms with E-state index < -0.39 is 0 Å². The molecule has 0 saturated heterocycles. The Morgan fingerprint density at radius 1 is 0.938 bits per heavy atom. The van der Waals surface area contributed by atoms with Crippen LogP contribution in [-0.4, -0.2) is 26.3 Å². The van der Waals surface area contributed by atoms with Crippen molar-refractivity contribution in [3.8, 4) is 0 Å². The fraction of sp³-hybridized carbons (Fsp3) is 0.115. The number of pyridine rings is 1. The third kappa shape index (κ3) is 4.09. The Labute approximate surface area is 190 Å². The van der Waals surface area contributed by atoms with Gasteiger partial charge in [-0.2, -0.15) is 0 Å². The van der Waals surface area contributed by atoms with E-state index in [1.54, 1.807) is 0 Å². The highest BCUT2D eigenvalue weighted by atomic mass is 32.2. The average Bonchev–Trinajstić information content (AvgIpc) is 3.23. The maximum absolute atomic E-state index is 12.8. The second kappa shape index (κ2) is 8.85. The zero-order valence-corrected chi connectivity index (χ0v) is 18.5. The zero-order chi connectivity index (χ0) is 21.9. The molecule has 0 aliphatic rings. The normalized spacial score (nSPS) is 11.2. The Morgan fingerprint density at radius 3 is 2.56 bits per heavy atom. The van der Waals surface area contributed by atoms with Crippen molar-refractivity contribution in [3.05, 3.63) is 102 Å². The lowest BCUT2D eigenvalue weighted by Gasteiger charge is -2.11. The molecule has 5 aromatic rings. The molecule has 2 heterocycles. The molecule has 158 valence electrons. The van der Waals surface area contributed by atoms with Crippen molar-refractivity contribution in [1.82, 2.24) is 14.6 Å². The second-order valence-electron chi connectivity index (χ2n) is 7.68. The van der Waals surface area contributed by atoms with Gasteiger partial charge in [-0.05, 0) is 48.2 Å². The van der Waals surface area contributed by atoms with Gasteiger partial charge in [0.05, 0.1) is 11.3 Å². The first-order valence-corrected chi connectivity index (χ1v) is 11.5. The molecule has 0 spiro atoms. The third-order valence-electron chi connectivity index (χ3n) is 5.44. The highest BCUT2D eigenvalue weighted by Gasteiger charge is 2.14. The van der Waals surface area contributed by atoms with Crippen LogP contribution in [0.25, 0.3) is 16.6 Å². The van der Waals surface area contributed by atoms with E-state index in [0.29, 0.717) is 5.16 Å². The lowest BCUT2D eigenvalue weighted by molar-refractivity contribution is -0.113. The lowest BCUT2D eigenvalue weighted by Crippen LogP contribution is -2.15. The molecule has 1 N–H and O–H groups in total. The van der Waals surface area contributed by atoms with Crippen molar-refractivity contribution >= 4 is 39.9 Å². The smallest absolute Gasteiger partial charge is 0.234 e. The van der Waals surface area contributed by atoms with Gasteiger partial charge in [0.1, 0.15) is 0 Å². The Morgan fingerprint density at radius 2 is 1.69 bits per heavy atom. The summed E-state index contributed by atoms with van der Waals surface area (Å²) in [4.78, 5) is 12.8. The monoisotopic (exact) mass is 438 g/mol. The number of aromatic nitrogens is 3. The van der Waals surface area contributed by atoms with E-state index in [4.69, 9.17) is 0 Å². The molecular formula is C26H22N4OS. The number of fused-ring (bicyclic) bond motifs is 3. The predicted molar refractivity (Wildman–Crippen MR) is 130 cm³/mol. The van der Waals surface area contributed by atoms with Crippen LogP contribution in [0.15, 0.2) is 90.1 Å². The van der Waals surface area contributed by atoms with Gasteiger partial charge in [0.15, 0.2) is 10.8 Å². The molecule has 0 bridgehead atoms. The summed E-state index contributed by atoms with van der Waals surface area (Å²) in [5.74, 6) is 0.187. The zero-order valence-electron chi connectivity index (χ0n) is 17.7. The second-order valence-corrected chi connectivity index (χ2v) is 8.62. The predicted octanol–water partition coefficient (Wildman–Crippen LogP) is 5.51. The van der Waals surface area contributed by atoms with Crippen molar-refractivity contribution in [2.24, 2.45) is 0 Å².